The van der Waals surface area contributed by atoms with Crippen molar-refractivity contribution in [2.75, 3.05) is 11.9 Å². The molecular formula is C16H24BrN3O2. The zero-order valence-corrected chi connectivity index (χ0v) is 14.9. The van der Waals surface area contributed by atoms with Gasteiger partial charge in [0, 0.05) is 29.2 Å². The lowest BCUT2D eigenvalue weighted by Crippen LogP contribution is -2.37. The lowest BCUT2D eigenvalue weighted by atomic mass is 10.1. The van der Waals surface area contributed by atoms with Crippen LogP contribution in [0.5, 0.6) is 0 Å². The van der Waals surface area contributed by atoms with E-state index in [1.54, 1.807) is 12.1 Å². The molecule has 0 spiro atoms. The molecule has 0 fully saturated rings. The van der Waals surface area contributed by atoms with Gasteiger partial charge in [-0.25, -0.2) is 4.79 Å². The molecule has 1 aromatic carbocycles. The van der Waals surface area contributed by atoms with Gasteiger partial charge in [-0.1, -0.05) is 29.8 Å². The molecule has 0 aliphatic carbocycles. The van der Waals surface area contributed by atoms with Crippen LogP contribution in [0, 0.1) is 5.92 Å². The number of halogens is 1. The lowest BCUT2D eigenvalue weighted by Gasteiger charge is -2.16. The molecule has 1 atom stereocenters. The predicted molar refractivity (Wildman–Crippen MR) is 92.8 cm³/mol. The second-order valence-electron chi connectivity index (χ2n) is 5.74. The van der Waals surface area contributed by atoms with E-state index in [0.717, 1.165) is 10.9 Å². The van der Waals surface area contributed by atoms with Crippen molar-refractivity contribution in [3.63, 3.8) is 0 Å². The van der Waals surface area contributed by atoms with Crippen LogP contribution in [0.3, 0.4) is 0 Å². The fraction of sp³-hybridized carbons (Fsp3) is 0.500. The summed E-state index contributed by atoms with van der Waals surface area (Å²) in [4.78, 5) is 23.4. The van der Waals surface area contributed by atoms with Gasteiger partial charge in [0.25, 0.3) is 0 Å². The molecule has 0 saturated carbocycles. The first kappa shape index (κ1) is 18.5. The van der Waals surface area contributed by atoms with Gasteiger partial charge in [-0.3, -0.25) is 4.79 Å². The van der Waals surface area contributed by atoms with Crippen LogP contribution in [-0.2, 0) is 4.79 Å². The number of rotatable bonds is 7. The molecule has 1 rings (SSSR count). The zero-order valence-electron chi connectivity index (χ0n) is 13.3. The van der Waals surface area contributed by atoms with E-state index in [1.165, 1.54) is 0 Å². The molecule has 22 heavy (non-hydrogen) atoms. The smallest absolute Gasteiger partial charge is 0.319 e. The number of carbonyl (C=O) groups excluding carboxylic acids is 2. The Morgan fingerprint density at radius 2 is 1.77 bits per heavy atom. The Balaban J connectivity index is 2.21. The molecule has 0 aliphatic heterocycles. The molecule has 0 radical (unpaired) electrons. The second-order valence-corrected chi connectivity index (χ2v) is 6.65. The minimum absolute atomic E-state index is 0.0444. The van der Waals surface area contributed by atoms with Gasteiger partial charge in [-0.05, 0) is 43.5 Å². The SMILES string of the molecule is CC(C)CC(C)NC(=O)CCNC(=O)Nc1ccc(Br)cc1. The van der Waals surface area contributed by atoms with Crippen molar-refractivity contribution in [1.82, 2.24) is 10.6 Å². The molecule has 0 heterocycles. The highest BCUT2D eigenvalue weighted by Crippen LogP contribution is 2.13. The maximum absolute atomic E-state index is 11.7. The molecule has 0 aliphatic rings. The highest BCUT2D eigenvalue weighted by atomic mass is 79.9. The Morgan fingerprint density at radius 3 is 2.36 bits per heavy atom. The Hall–Kier alpha value is -1.56. The summed E-state index contributed by atoms with van der Waals surface area (Å²) in [6.07, 6.45) is 1.22. The summed E-state index contributed by atoms with van der Waals surface area (Å²) in [5.74, 6) is 0.502. The fourth-order valence-corrected chi connectivity index (χ4v) is 2.38. The molecule has 3 N–H and O–H groups in total. The lowest BCUT2D eigenvalue weighted by molar-refractivity contribution is -0.121. The maximum atomic E-state index is 11.7. The van der Waals surface area contributed by atoms with Crippen LogP contribution in [0.1, 0.15) is 33.6 Å². The summed E-state index contributed by atoms with van der Waals surface area (Å²) in [7, 11) is 0. The maximum Gasteiger partial charge on any atom is 0.319 e. The van der Waals surface area contributed by atoms with Crippen LogP contribution in [-0.4, -0.2) is 24.5 Å². The Morgan fingerprint density at radius 1 is 1.14 bits per heavy atom. The monoisotopic (exact) mass is 369 g/mol. The highest BCUT2D eigenvalue weighted by Gasteiger charge is 2.09. The van der Waals surface area contributed by atoms with Crippen LogP contribution >= 0.6 is 15.9 Å². The molecule has 5 nitrogen and oxygen atoms in total. The van der Waals surface area contributed by atoms with E-state index in [9.17, 15) is 9.59 Å². The number of carbonyl (C=O) groups is 2. The number of urea groups is 1. The summed E-state index contributed by atoms with van der Waals surface area (Å²) in [6.45, 7) is 6.54. The third kappa shape index (κ3) is 8.02. The number of hydrogen-bond donors (Lipinski definition) is 3. The van der Waals surface area contributed by atoms with E-state index in [4.69, 9.17) is 0 Å². The van der Waals surface area contributed by atoms with E-state index >= 15 is 0 Å². The normalized spacial score (nSPS) is 11.9. The number of amides is 3. The van der Waals surface area contributed by atoms with Crippen molar-refractivity contribution < 1.29 is 9.59 Å². The van der Waals surface area contributed by atoms with Crippen molar-refractivity contribution in [2.45, 2.75) is 39.7 Å². The highest BCUT2D eigenvalue weighted by molar-refractivity contribution is 9.10. The molecule has 6 heteroatoms. The third-order valence-electron chi connectivity index (χ3n) is 2.97. The second kappa shape index (κ2) is 9.46. The fourth-order valence-electron chi connectivity index (χ4n) is 2.11. The molecule has 1 unspecified atom stereocenters. The van der Waals surface area contributed by atoms with Gasteiger partial charge in [0.2, 0.25) is 5.91 Å². The number of hydrogen-bond acceptors (Lipinski definition) is 2. The Bertz CT molecular complexity index is 489. The minimum Gasteiger partial charge on any atom is -0.354 e. The van der Waals surface area contributed by atoms with E-state index in [2.05, 4.69) is 45.7 Å². The molecule has 0 aromatic heterocycles. The average molecular weight is 370 g/mol. The van der Waals surface area contributed by atoms with Crippen molar-refractivity contribution in [3.8, 4) is 0 Å². The summed E-state index contributed by atoms with van der Waals surface area (Å²) >= 11 is 3.33. The average Bonchev–Trinajstić information content (AvgIpc) is 2.40. The minimum atomic E-state index is -0.314. The van der Waals surface area contributed by atoms with Crippen molar-refractivity contribution in [2.24, 2.45) is 5.92 Å². The number of anilines is 1. The largest absolute Gasteiger partial charge is 0.354 e. The van der Waals surface area contributed by atoms with Gasteiger partial charge in [0.1, 0.15) is 0 Å². The molecule has 3 amide bonds. The summed E-state index contributed by atoms with van der Waals surface area (Å²) in [6, 6.07) is 7.13. The summed E-state index contributed by atoms with van der Waals surface area (Å²) in [5, 5.41) is 8.30. The molecule has 1 aromatic rings. The Kier molecular flexibility index (Phi) is 7.95. The Labute approximate surface area is 140 Å². The standard InChI is InChI=1S/C16H24BrN3O2/c1-11(2)10-12(3)19-15(21)8-9-18-16(22)20-14-6-4-13(17)5-7-14/h4-7,11-12H,8-10H2,1-3H3,(H,19,21)(H2,18,20,22). The van der Waals surface area contributed by atoms with Gasteiger partial charge in [0.05, 0.1) is 0 Å². The van der Waals surface area contributed by atoms with Crippen molar-refractivity contribution in [1.29, 1.82) is 0 Å². The van der Waals surface area contributed by atoms with E-state index in [-0.39, 0.29) is 24.4 Å². The van der Waals surface area contributed by atoms with Crippen molar-refractivity contribution >= 4 is 33.6 Å². The predicted octanol–water partition coefficient (Wildman–Crippen LogP) is 3.51. The molecular weight excluding hydrogens is 346 g/mol. The number of benzene rings is 1. The first-order valence-electron chi connectivity index (χ1n) is 7.46. The summed E-state index contributed by atoms with van der Waals surface area (Å²) < 4.78 is 0.950. The van der Waals surface area contributed by atoms with Gasteiger partial charge >= 0.3 is 6.03 Å². The van der Waals surface area contributed by atoms with Gasteiger partial charge in [-0.2, -0.15) is 0 Å². The van der Waals surface area contributed by atoms with Crippen LogP contribution in [0.2, 0.25) is 0 Å². The third-order valence-corrected chi connectivity index (χ3v) is 3.50. The van der Waals surface area contributed by atoms with Crippen LogP contribution < -0.4 is 16.0 Å². The topological polar surface area (TPSA) is 70.2 Å². The van der Waals surface area contributed by atoms with E-state index in [0.29, 0.717) is 18.2 Å². The molecule has 122 valence electrons. The van der Waals surface area contributed by atoms with Crippen LogP contribution in [0.15, 0.2) is 28.7 Å². The van der Waals surface area contributed by atoms with E-state index < -0.39 is 0 Å². The van der Waals surface area contributed by atoms with Gasteiger partial charge < -0.3 is 16.0 Å². The van der Waals surface area contributed by atoms with Gasteiger partial charge in [0.15, 0.2) is 0 Å². The zero-order chi connectivity index (χ0) is 16.5. The van der Waals surface area contributed by atoms with Gasteiger partial charge in [-0.15, -0.1) is 0 Å². The number of nitrogens with one attached hydrogen (secondary N) is 3. The van der Waals surface area contributed by atoms with E-state index in [1.807, 2.05) is 19.1 Å². The molecule has 0 saturated heterocycles. The van der Waals surface area contributed by atoms with Crippen molar-refractivity contribution in [3.05, 3.63) is 28.7 Å². The first-order valence-corrected chi connectivity index (χ1v) is 8.26. The quantitative estimate of drug-likeness (QED) is 0.687. The van der Waals surface area contributed by atoms with Crippen LogP contribution in [0.25, 0.3) is 0 Å². The van der Waals surface area contributed by atoms with Crippen LogP contribution in [0.4, 0.5) is 10.5 Å². The molecule has 0 bridgehead atoms. The first-order chi connectivity index (χ1) is 10.4. The summed E-state index contributed by atoms with van der Waals surface area (Å²) in [5.41, 5.74) is 0.704.